The molecule has 3 rings (SSSR count). The lowest BCUT2D eigenvalue weighted by atomic mass is 10.2. The lowest BCUT2D eigenvalue weighted by molar-refractivity contribution is 0.283. The number of pyridine rings is 1. The lowest BCUT2D eigenvalue weighted by Gasteiger charge is -2.00. The Kier molecular flexibility index (Phi) is 2.38. The molecule has 5 nitrogen and oxygen atoms in total. The Morgan fingerprint density at radius 3 is 3.12 bits per heavy atom. The number of fused-ring (bicyclic) bond motifs is 1. The molecule has 3 aromatic heterocycles. The van der Waals surface area contributed by atoms with E-state index in [0.717, 1.165) is 22.2 Å². The first-order valence-corrected chi connectivity index (χ1v) is 5.30. The summed E-state index contributed by atoms with van der Waals surface area (Å²) in [6, 6.07) is 3.82. The van der Waals surface area contributed by atoms with Crippen LogP contribution in [0, 0.1) is 0 Å². The molecule has 0 spiro atoms. The fourth-order valence-corrected chi connectivity index (χ4v) is 1.94. The van der Waals surface area contributed by atoms with Crippen molar-refractivity contribution in [2.45, 2.75) is 13.2 Å². The third kappa shape index (κ3) is 1.70. The SMILES string of the molecule is OCc1cn(Cc2cnoc2)c2ncccc12. The Labute approximate surface area is 97.3 Å². The first kappa shape index (κ1) is 10.0. The van der Waals surface area contributed by atoms with E-state index in [0.29, 0.717) is 6.54 Å². The number of aliphatic hydroxyl groups excluding tert-OH is 1. The van der Waals surface area contributed by atoms with E-state index in [1.807, 2.05) is 22.9 Å². The van der Waals surface area contributed by atoms with E-state index in [1.54, 1.807) is 18.7 Å². The topological polar surface area (TPSA) is 64.1 Å². The molecule has 5 heteroatoms. The van der Waals surface area contributed by atoms with Gasteiger partial charge in [-0.15, -0.1) is 0 Å². The van der Waals surface area contributed by atoms with Crippen LogP contribution in [-0.4, -0.2) is 19.8 Å². The summed E-state index contributed by atoms with van der Waals surface area (Å²) in [4.78, 5) is 4.33. The van der Waals surface area contributed by atoms with Gasteiger partial charge in [-0.1, -0.05) is 5.16 Å². The molecule has 0 bridgehead atoms. The summed E-state index contributed by atoms with van der Waals surface area (Å²) in [5.41, 5.74) is 2.71. The molecule has 0 atom stereocenters. The molecule has 0 radical (unpaired) electrons. The normalized spacial score (nSPS) is 11.1. The smallest absolute Gasteiger partial charge is 0.140 e. The van der Waals surface area contributed by atoms with Gasteiger partial charge in [0.1, 0.15) is 11.9 Å². The summed E-state index contributed by atoms with van der Waals surface area (Å²) in [5, 5.41) is 13.9. The molecular formula is C12H11N3O2. The second-order valence-corrected chi connectivity index (χ2v) is 3.85. The maximum absolute atomic E-state index is 9.30. The fraction of sp³-hybridized carbons (Fsp3) is 0.167. The van der Waals surface area contributed by atoms with Crippen LogP contribution in [0.3, 0.4) is 0 Å². The van der Waals surface area contributed by atoms with Crippen LogP contribution in [0.15, 0.2) is 41.5 Å². The van der Waals surface area contributed by atoms with Gasteiger partial charge in [0.15, 0.2) is 0 Å². The molecule has 0 unspecified atom stereocenters. The minimum Gasteiger partial charge on any atom is -0.392 e. The number of rotatable bonds is 3. The highest BCUT2D eigenvalue weighted by Gasteiger charge is 2.09. The molecule has 1 N–H and O–H groups in total. The zero-order chi connectivity index (χ0) is 11.7. The molecule has 0 aromatic carbocycles. The van der Waals surface area contributed by atoms with Gasteiger partial charge in [-0.3, -0.25) is 0 Å². The van der Waals surface area contributed by atoms with Crippen molar-refractivity contribution in [2.24, 2.45) is 0 Å². The molecular weight excluding hydrogens is 218 g/mol. The van der Waals surface area contributed by atoms with Gasteiger partial charge in [-0.05, 0) is 12.1 Å². The van der Waals surface area contributed by atoms with Crippen molar-refractivity contribution in [3.8, 4) is 0 Å². The molecule has 3 aromatic rings. The maximum Gasteiger partial charge on any atom is 0.140 e. The summed E-state index contributed by atoms with van der Waals surface area (Å²) < 4.78 is 6.78. The molecule has 0 aliphatic heterocycles. The van der Waals surface area contributed by atoms with Crippen molar-refractivity contribution < 1.29 is 9.63 Å². The molecule has 0 saturated carbocycles. The Balaban J connectivity index is 2.10. The van der Waals surface area contributed by atoms with Crippen LogP contribution < -0.4 is 0 Å². The van der Waals surface area contributed by atoms with Crippen LogP contribution in [0.25, 0.3) is 11.0 Å². The predicted molar refractivity (Wildman–Crippen MR) is 61.3 cm³/mol. The van der Waals surface area contributed by atoms with E-state index < -0.39 is 0 Å². The van der Waals surface area contributed by atoms with Crippen LogP contribution >= 0.6 is 0 Å². The summed E-state index contributed by atoms with van der Waals surface area (Å²) >= 11 is 0. The number of aromatic nitrogens is 3. The van der Waals surface area contributed by atoms with Gasteiger partial charge in [0.25, 0.3) is 0 Å². The van der Waals surface area contributed by atoms with Crippen molar-refractivity contribution in [3.05, 3.63) is 48.1 Å². The highest BCUT2D eigenvalue weighted by Crippen LogP contribution is 2.20. The maximum atomic E-state index is 9.30. The minimum atomic E-state index is 0.0127. The van der Waals surface area contributed by atoms with Crippen molar-refractivity contribution in [2.75, 3.05) is 0 Å². The van der Waals surface area contributed by atoms with Crippen LogP contribution in [0.2, 0.25) is 0 Å². The van der Waals surface area contributed by atoms with E-state index in [-0.39, 0.29) is 6.61 Å². The Morgan fingerprint density at radius 1 is 1.41 bits per heavy atom. The summed E-state index contributed by atoms with van der Waals surface area (Å²) in [5.74, 6) is 0. The zero-order valence-electron chi connectivity index (χ0n) is 9.08. The van der Waals surface area contributed by atoms with Gasteiger partial charge in [-0.2, -0.15) is 0 Å². The van der Waals surface area contributed by atoms with Crippen LogP contribution in [0.1, 0.15) is 11.1 Å². The third-order valence-electron chi connectivity index (χ3n) is 2.72. The Morgan fingerprint density at radius 2 is 2.35 bits per heavy atom. The standard InChI is InChI=1S/C12H11N3O2/c16-7-10-6-15(5-9-4-14-17-8-9)12-11(10)2-1-3-13-12/h1-4,6,8,16H,5,7H2. The number of aliphatic hydroxyl groups is 1. The molecule has 0 amide bonds. The number of hydrogen-bond acceptors (Lipinski definition) is 4. The second kappa shape index (κ2) is 4.03. The molecule has 0 saturated heterocycles. The van der Waals surface area contributed by atoms with Crippen molar-refractivity contribution in [1.82, 2.24) is 14.7 Å². The molecule has 17 heavy (non-hydrogen) atoms. The van der Waals surface area contributed by atoms with E-state index in [2.05, 4.69) is 10.1 Å². The van der Waals surface area contributed by atoms with Gasteiger partial charge < -0.3 is 14.2 Å². The predicted octanol–water partition coefficient (Wildman–Crippen LogP) is 1.56. The van der Waals surface area contributed by atoms with Gasteiger partial charge in [0.05, 0.1) is 19.3 Å². The third-order valence-corrected chi connectivity index (χ3v) is 2.72. The largest absolute Gasteiger partial charge is 0.392 e. The lowest BCUT2D eigenvalue weighted by Crippen LogP contribution is -1.97. The number of hydrogen-bond donors (Lipinski definition) is 1. The Bertz CT molecular complexity index is 628. The first-order valence-electron chi connectivity index (χ1n) is 5.30. The fourth-order valence-electron chi connectivity index (χ4n) is 1.94. The van der Waals surface area contributed by atoms with Crippen molar-refractivity contribution in [1.29, 1.82) is 0 Å². The average molecular weight is 229 g/mol. The average Bonchev–Trinajstić information content (AvgIpc) is 2.98. The van der Waals surface area contributed by atoms with E-state index in [9.17, 15) is 5.11 Å². The number of nitrogens with zero attached hydrogens (tertiary/aromatic N) is 3. The van der Waals surface area contributed by atoms with Crippen molar-refractivity contribution >= 4 is 11.0 Å². The monoisotopic (exact) mass is 229 g/mol. The first-order chi connectivity index (χ1) is 8.38. The van der Waals surface area contributed by atoms with Crippen LogP contribution in [-0.2, 0) is 13.2 Å². The van der Waals surface area contributed by atoms with E-state index in [4.69, 9.17) is 4.52 Å². The summed E-state index contributed by atoms with van der Waals surface area (Å²) in [6.45, 7) is 0.649. The van der Waals surface area contributed by atoms with Gasteiger partial charge in [-0.25, -0.2) is 4.98 Å². The molecule has 0 aliphatic carbocycles. The quantitative estimate of drug-likeness (QED) is 0.740. The molecule has 86 valence electrons. The zero-order valence-corrected chi connectivity index (χ0v) is 9.08. The molecule has 0 aliphatic rings. The summed E-state index contributed by atoms with van der Waals surface area (Å²) in [6.07, 6.45) is 6.93. The minimum absolute atomic E-state index is 0.0127. The van der Waals surface area contributed by atoms with E-state index in [1.165, 1.54) is 0 Å². The van der Waals surface area contributed by atoms with Crippen molar-refractivity contribution in [3.63, 3.8) is 0 Å². The Hall–Kier alpha value is -2.14. The second-order valence-electron chi connectivity index (χ2n) is 3.85. The highest BCUT2D eigenvalue weighted by molar-refractivity contribution is 5.80. The molecule has 3 heterocycles. The van der Waals surface area contributed by atoms with Gasteiger partial charge >= 0.3 is 0 Å². The van der Waals surface area contributed by atoms with Crippen LogP contribution in [0.4, 0.5) is 0 Å². The molecule has 0 fully saturated rings. The summed E-state index contributed by atoms with van der Waals surface area (Å²) in [7, 11) is 0. The van der Waals surface area contributed by atoms with Gasteiger partial charge in [0.2, 0.25) is 0 Å². The highest BCUT2D eigenvalue weighted by atomic mass is 16.5. The van der Waals surface area contributed by atoms with Crippen LogP contribution in [0.5, 0.6) is 0 Å². The van der Waals surface area contributed by atoms with Gasteiger partial charge in [0, 0.05) is 28.9 Å². The van der Waals surface area contributed by atoms with E-state index >= 15 is 0 Å².